The number of benzene rings is 2. The van der Waals surface area contributed by atoms with Gasteiger partial charge in [-0.3, -0.25) is 4.57 Å². The first kappa shape index (κ1) is 20.8. The van der Waals surface area contributed by atoms with Crippen LogP contribution in [0.25, 0.3) is 0 Å². The molecule has 0 heterocycles. The minimum Gasteiger partial charge on any atom is -0.310 e. The van der Waals surface area contributed by atoms with Gasteiger partial charge in [0.2, 0.25) is 0 Å². The van der Waals surface area contributed by atoms with Crippen LogP contribution in [0.3, 0.4) is 0 Å². The molecular weight excluding hydrogens is 591 g/mol. The second kappa shape index (κ2) is 10.6. The summed E-state index contributed by atoms with van der Waals surface area (Å²) in [6, 6.07) is 12.0. The highest BCUT2D eigenvalue weighted by Gasteiger charge is 2.04. The van der Waals surface area contributed by atoms with E-state index in [9.17, 15) is 4.57 Å². The molecule has 0 unspecified atom stereocenters. The number of halogens is 4. The van der Waals surface area contributed by atoms with Crippen molar-refractivity contribution in [2.75, 3.05) is 13.2 Å². The fourth-order valence-corrected chi connectivity index (χ4v) is 3.90. The summed E-state index contributed by atoms with van der Waals surface area (Å²) in [5.41, 5.74) is 2.22. The van der Waals surface area contributed by atoms with Crippen LogP contribution >= 0.6 is 72.0 Å². The Morgan fingerprint density at radius 3 is 1.50 bits per heavy atom. The van der Waals surface area contributed by atoms with Crippen molar-refractivity contribution in [2.24, 2.45) is 0 Å². The molecule has 0 aliphatic rings. The van der Waals surface area contributed by atoms with Crippen molar-refractivity contribution in [3.8, 4) is 0 Å². The molecule has 0 N–H and O–H groups in total. The van der Waals surface area contributed by atoms with Crippen molar-refractivity contribution in [2.45, 2.75) is 12.8 Å². The topological polar surface area (TPSA) is 35.5 Å². The smallest absolute Gasteiger partial charge is 0.310 e. The zero-order valence-electron chi connectivity index (χ0n) is 12.5. The molecule has 0 spiro atoms. The van der Waals surface area contributed by atoms with Gasteiger partial charge < -0.3 is 9.05 Å². The summed E-state index contributed by atoms with van der Waals surface area (Å²) >= 11 is 13.8. The van der Waals surface area contributed by atoms with Crippen LogP contribution in [-0.4, -0.2) is 13.2 Å². The lowest BCUT2D eigenvalue weighted by Gasteiger charge is -2.07. The van der Waals surface area contributed by atoms with Crippen LogP contribution in [-0.2, 0) is 26.5 Å². The molecule has 0 aliphatic heterocycles. The summed E-state index contributed by atoms with van der Waals surface area (Å²) in [5, 5.41) is 0. The van der Waals surface area contributed by atoms with Gasteiger partial charge in [0.15, 0.2) is 0 Å². The molecule has 2 aromatic carbocycles. The summed E-state index contributed by atoms with van der Waals surface area (Å²) in [5.74, 6) is 0. The maximum atomic E-state index is 11.8. The van der Waals surface area contributed by atoms with Crippen molar-refractivity contribution in [1.29, 1.82) is 0 Å². The van der Waals surface area contributed by atoms with Crippen molar-refractivity contribution in [1.82, 2.24) is 0 Å². The molecule has 0 aromatic heterocycles. The average molecular weight is 606 g/mol. The van der Waals surface area contributed by atoms with Crippen LogP contribution in [0.4, 0.5) is 0 Å². The molecule has 3 nitrogen and oxygen atoms in total. The zero-order chi connectivity index (χ0) is 17.5. The van der Waals surface area contributed by atoms with Crippen molar-refractivity contribution in [3.63, 3.8) is 0 Å². The predicted octanol–water partition coefficient (Wildman–Crippen LogP) is 6.94. The molecule has 0 saturated carbocycles. The standard InChI is InChI=1S/C16H15Br4O3P/c17-13-3-1-11(9-15(13)19)5-7-22-24(21)23-8-6-12-2-4-14(18)16(20)10-12/h1-4,9-10,24H,5-8H2. The normalized spacial score (nSPS) is 11.2. The van der Waals surface area contributed by atoms with Crippen LogP contribution in [0, 0.1) is 0 Å². The van der Waals surface area contributed by atoms with Crippen LogP contribution in [0.5, 0.6) is 0 Å². The Kier molecular flexibility index (Phi) is 9.20. The first-order valence-corrected chi connectivity index (χ1v) is 11.5. The molecule has 0 aliphatic carbocycles. The highest BCUT2D eigenvalue weighted by Crippen LogP contribution is 2.27. The summed E-state index contributed by atoms with van der Waals surface area (Å²) in [6.45, 7) is 0.741. The van der Waals surface area contributed by atoms with E-state index in [1.54, 1.807) is 0 Å². The molecule has 0 bridgehead atoms. The van der Waals surface area contributed by atoms with Crippen molar-refractivity contribution in [3.05, 3.63) is 65.4 Å². The summed E-state index contributed by atoms with van der Waals surface area (Å²) in [7, 11) is -2.46. The lowest BCUT2D eigenvalue weighted by molar-refractivity contribution is 0.229. The van der Waals surface area contributed by atoms with E-state index in [4.69, 9.17) is 9.05 Å². The highest BCUT2D eigenvalue weighted by molar-refractivity contribution is 9.13. The van der Waals surface area contributed by atoms with Crippen LogP contribution < -0.4 is 0 Å². The largest absolute Gasteiger partial charge is 0.319 e. The average Bonchev–Trinajstić information content (AvgIpc) is 2.54. The SMILES string of the molecule is O=[PH](OCCc1ccc(Br)c(Br)c1)OCCc1ccc(Br)c(Br)c1. The molecular formula is C16H15Br4O3P. The van der Waals surface area contributed by atoms with Gasteiger partial charge in [-0.25, -0.2) is 0 Å². The van der Waals surface area contributed by atoms with Crippen molar-refractivity contribution < 1.29 is 13.6 Å². The minimum absolute atomic E-state index is 0.371. The lowest BCUT2D eigenvalue weighted by atomic mass is 10.2. The van der Waals surface area contributed by atoms with Gasteiger partial charge in [0.05, 0.1) is 13.2 Å². The van der Waals surface area contributed by atoms with Gasteiger partial charge >= 0.3 is 8.25 Å². The van der Waals surface area contributed by atoms with E-state index in [0.717, 1.165) is 29.0 Å². The molecule has 130 valence electrons. The molecule has 0 radical (unpaired) electrons. The molecule has 8 heteroatoms. The van der Waals surface area contributed by atoms with E-state index < -0.39 is 8.25 Å². The van der Waals surface area contributed by atoms with Gasteiger partial charge in [-0.2, -0.15) is 0 Å². The Hall–Kier alpha value is 0.510. The van der Waals surface area contributed by atoms with E-state index in [1.165, 1.54) is 0 Å². The number of hydrogen-bond donors (Lipinski definition) is 0. The molecule has 0 saturated heterocycles. The monoisotopic (exact) mass is 602 g/mol. The molecule has 2 rings (SSSR count). The minimum atomic E-state index is -2.46. The Morgan fingerprint density at radius 2 is 1.12 bits per heavy atom. The lowest BCUT2D eigenvalue weighted by Crippen LogP contribution is -1.97. The molecule has 0 fully saturated rings. The highest BCUT2D eigenvalue weighted by atomic mass is 79.9. The van der Waals surface area contributed by atoms with Gasteiger partial charge in [0.1, 0.15) is 0 Å². The molecule has 0 amide bonds. The fourth-order valence-electron chi connectivity index (χ4n) is 1.94. The number of rotatable bonds is 8. The van der Waals surface area contributed by atoms with Crippen LogP contribution in [0.1, 0.15) is 11.1 Å². The summed E-state index contributed by atoms with van der Waals surface area (Å²) in [4.78, 5) is 0. The Bertz CT molecular complexity index is 665. The van der Waals surface area contributed by atoms with Gasteiger partial charge in [-0.15, -0.1) is 0 Å². The maximum absolute atomic E-state index is 11.8. The Morgan fingerprint density at radius 1 is 0.708 bits per heavy atom. The number of hydrogen-bond acceptors (Lipinski definition) is 3. The van der Waals surface area contributed by atoms with E-state index in [-0.39, 0.29) is 0 Å². The van der Waals surface area contributed by atoms with E-state index in [0.29, 0.717) is 26.1 Å². The van der Waals surface area contributed by atoms with Gasteiger partial charge in [-0.1, -0.05) is 12.1 Å². The first-order valence-electron chi connectivity index (χ1n) is 7.13. The molecule has 24 heavy (non-hydrogen) atoms. The Labute approximate surface area is 176 Å². The second-order valence-corrected chi connectivity index (χ2v) is 9.44. The summed E-state index contributed by atoms with van der Waals surface area (Å²) in [6.07, 6.45) is 1.37. The maximum Gasteiger partial charge on any atom is 0.319 e. The Balaban J connectivity index is 1.67. The fraction of sp³-hybridized carbons (Fsp3) is 0.250. The quantitative estimate of drug-likeness (QED) is 0.306. The van der Waals surface area contributed by atoms with E-state index in [2.05, 4.69) is 63.7 Å². The van der Waals surface area contributed by atoms with Gasteiger partial charge in [0, 0.05) is 17.9 Å². The van der Waals surface area contributed by atoms with Crippen molar-refractivity contribution >= 4 is 72.0 Å². The third-order valence-electron chi connectivity index (χ3n) is 3.19. The molecule has 0 atom stereocenters. The van der Waals surface area contributed by atoms with E-state index >= 15 is 0 Å². The third-order valence-corrected chi connectivity index (χ3v) is 7.83. The van der Waals surface area contributed by atoms with E-state index in [1.807, 2.05) is 36.4 Å². The molecule has 2 aromatic rings. The van der Waals surface area contributed by atoms with Crippen LogP contribution in [0.15, 0.2) is 54.3 Å². The van der Waals surface area contributed by atoms with Gasteiger partial charge in [0.25, 0.3) is 0 Å². The zero-order valence-corrected chi connectivity index (χ0v) is 19.9. The predicted molar refractivity (Wildman–Crippen MR) is 112 cm³/mol. The summed E-state index contributed by atoms with van der Waals surface area (Å²) < 4.78 is 26.3. The second-order valence-electron chi connectivity index (χ2n) is 4.94. The third kappa shape index (κ3) is 7.02. The van der Waals surface area contributed by atoms with Gasteiger partial charge in [-0.05, 0) is 112 Å². The first-order chi connectivity index (χ1) is 11.5. The van der Waals surface area contributed by atoms with Crippen LogP contribution in [0.2, 0.25) is 0 Å².